The van der Waals surface area contributed by atoms with Gasteiger partial charge in [0.15, 0.2) is 0 Å². The zero-order valence-corrected chi connectivity index (χ0v) is 11.6. The minimum absolute atomic E-state index is 0.166. The van der Waals surface area contributed by atoms with Crippen LogP contribution < -0.4 is 5.73 Å². The minimum Gasteiger partial charge on any atom is -0.391 e. The van der Waals surface area contributed by atoms with Crippen molar-refractivity contribution in [1.29, 1.82) is 0 Å². The highest BCUT2D eigenvalue weighted by molar-refractivity contribution is 7.80. The summed E-state index contributed by atoms with van der Waals surface area (Å²) in [4.78, 5) is 18.2. The molecule has 2 unspecified atom stereocenters. The molecule has 1 amide bonds. The topological polar surface area (TPSA) is 79.5 Å². The Morgan fingerprint density at radius 1 is 1.58 bits per heavy atom. The molecule has 6 heteroatoms. The standard InChI is InChI=1S/C13H17N3O2S/c1-8-4-5-16(7-11(8)17)13(18)10-3-2-9(6-15-10)12(14)19/h2-3,6,8,11,17H,4-5,7H2,1H3,(H2,14,19). The van der Waals surface area contributed by atoms with Crippen LogP contribution in [0.5, 0.6) is 0 Å². The van der Waals surface area contributed by atoms with Crippen LogP contribution in [0.25, 0.3) is 0 Å². The van der Waals surface area contributed by atoms with E-state index in [1.807, 2.05) is 6.92 Å². The Morgan fingerprint density at radius 2 is 2.32 bits per heavy atom. The zero-order valence-electron chi connectivity index (χ0n) is 10.7. The number of nitrogens with two attached hydrogens (primary N) is 1. The predicted molar refractivity (Wildman–Crippen MR) is 75.8 cm³/mol. The monoisotopic (exact) mass is 279 g/mol. The molecular weight excluding hydrogens is 262 g/mol. The summed E-state index contributed by atoms with van der Waals surface area (Å²) in [5, 5.41) is 9.81. The molecule has 102 valence electrons. The van der Waals surface area contributed by atoms with E-state index in [1.165, 1.54) is 6.20 Å². The van der Waals surface area contributed by atoms with E-state index in [1.54, 1.807) is 17.0 Å². The number of rotatable bonds is 2. The summed E-state index contributed by atoms with van der Waals surface area (Å²) in [6, 6.07) is 3.30. The Morgan fingerprint density at radius 3 is 2.84 bits per heavy atom. The van der Waals surface area contributed by atoms with Gasteiger partial charge in [0, 0.05) is 24.8 Å². The summed E-state index contributed by atoms with van der Waals surface area (Å²) in [7, 11) is 0. The van der Waals surface area contributed by atoms with E-state index in [2.05, 4.69) is 4.98 Å². The van der Waals surface area contributed by atoms with Crippen LogP contribution in [0.3, 0.4) is 0 Å². The molecule has 0 bridgehead atoms. The predicted octanol–water partition coefficient (Wildman–Crippen LogP) is 0.559. The van der Waals surface area contributed by atoms with Gasteiger partial charge in [-0.05, 0) is 24.5 Å². The molecule has 0 aromatic carbocycles. The van der Waals surface area contributed by atoms with Crippen molar-refractivity contribution in [2.24, 2.45) is 11.7 Å². The summed E-state index contributed by atoms with van der Waals surface area (Å²) < 4.78 is 0. The first-order valence-electron chi connectivity index (χ1n) is 6.22. The van der Waals surface area contributed by atoms with Crippen LogP contribution in [-0.4, -0.2) is 45.1 Å². The van der Waals surface area contributed by atoms with Crippen LogP contribution in [0.2, 0.25) is 0 Å². The Kier molecular flexibility index (Phi) is 4.11. The first kappa shape index (κ1) is 13.9. The van der Waals surface area contributed by atoms with E-state index in [9.17, 15) is 9.90 Å². The quantitative estimate of drug-likeness (QED) is 0.773. The van der Waals surface area contributed by atoms with Crippen molar-refractivity contribution in [1.82, 2.24) is 9.88 Å². The van der Waals surface area contributed by atoms with Gasteiger partial charge in [0.2, 0.25) is 0 Å². The molecule has 2 atom stereocenters. The second-order valence-corrected chi connectivity index (χ2v) is 5.32. The molecule has 0 radical (unpaired) electrons. The lowest BCUT2D eigenvalue weighted by Gasteiger charge is -2.34. The van der Waals surface area contributed by atoms with E-state index < -0.39 is 6.10 Å². The molecular formula is C13H17N3O2S. The summed E-state index contributed by atoms with van der Waals surface area (Å²) in [6.07, 6.45) is 1.84. The molecule has 2 rings (SSSR count). The number of hydrogen-bond donors (Lipinski definition) is 2. The molecule has 0 aliphatic carbocycles. The molecule has 0 spiro atoms. The second kappa shape index (κ2) is 5.63. The van der Waals surface area contributed by atoms with E-state index >= 15 is 0 Å². The van der Waals surface area contributed by atoms with E-state index in [-0.39, 0.29) is 16.8 Å². The highest BCUT2D eigenvalue weighted by atomic mass is 32.1. The maximum atomic E-state index is 12.2. The van der Waals surface area contributed by atoms with Gasteiger partial charge in [-0.1, -0.05) is 19.1 Å². The summed E-state index contributed by atoms with van der Waals surface area (Å²) in [5.41, 5.74) is 6.47. The van der Waals surface area contributed by atoms with Crippen LogP contribution in [-0.2, 0) is 0 Å². The maximum Gasteiger partial charge on any atom is 0.272 e. The Hall–Kier alpha value is -1.53. The number of aliphatic hydroxyl groups excluding tert-OH is 1. The number of aliphatic hydroxyl groups is 1. The third-order valence-electron chi connectivity index (χ3n) is 3.47. The van der Waals surface area contributed by atoms with Gasteiger partial charge in [-0.2, -0.15) is 0 Å². The second-order valence-electron chi connectivity index (χ2n) is 4.88. The molecule has 2 heterocycles. The van der Waals surface area contributed by atoms with Crippen molar-refractivity contribution in [3.8, 4) is 0 Å². The number of thiocarbonyl (C=S) groups is 1. The van der Waals surface area contributed by atoms with Crippen LogP contribution in [0.15, 0.2) is 18.3 Å². The fraction of sp³-hybridized carbons (Fsp3) is 0.462. The normalized spacial score (nSPS) is 23.2. The lowest BCUT2D eigenvalue weighted by Crippen LogP contribution is -2.46. The molecule has 1 aliphatic rings. The van der Waals surface area contributed by atoms with Crippen LogP contribution in [0, 0.1) is 5.92 Å². The Labute approximate surface area is 117 Å². The molecule has 1 aromatic rings. The first-order valence-corrected chi connectivity index (χ1v) is 6.63. The van der Waals surface area contributed by atoms with Crippen molar-refractivity contribution in [3.63, 3.8) is 0 Å². The molecule has 3 N–H and O–H groups in total. The number of nitrogens with zero attached hydrogens (tertiary/aromatic N) is 2. The third kappa shape index (κ3) is 3.08. The average molecular weight is 279 g/mol. The van der Waals surface area contributed by atoms with E-state index in [4.69, 9.17) is 18.0 Å². The number of hydrogen-bond acceptors (Lipinski definition) is 4. The number of carbonyl (C=O) groups excluding carboxylic acids is 1. The zero-order chi connectivity index (χ0) is 14.0. The summed E-state index contributed by atoms with van der Waals surface area (Å²) in [5.74, 6) is 0.0643. The van der Waals surface area contributed by atoms with Gasteiger partial charge in [-0.3, -0.25) is 9.78 Å². The largest absolute Gasteiger partial charge is 0.391 e. The van der Waals surface area contributed by atoms with Gasteiger partial charge in [0.05, 0.1) is 6.10 Å². The lowest BCUT2D eigenvalue weighted by atomic mass is 9.96. The van der Waals surface area contributed by atoms with Gasteiger partial charge in [-0.15, -0.1) is 0 Å². The third-order valence-corrected chi connectivity index (χ3v) is 3.71. The minimum atomic E-state index is -0.464. The van der Waals surface area contributed by atoms with Gasteiger partial charge in [0.25, 0.3) is 5.91 Å². The van der Waals surface area contributed by atoms with Crippen molar-refractivity contribution in [2.45, 2.75) is 19.4 Å². The highest BCUT2D eigenvalue weighted by Crippen LogP contribution is 2.18. The number of amides is 1. The number of aromatic nitrogens is 1. The number of piperidine rings is 1. The number of carbonyl (C=O) groups is 1. The van der Waals surface area contributed by atoms with Crippen molar-refractivity contribution < 1.29 is 9.90 Å². The van der Waals surface area contributed by atoms with E-state index in [0.29, 0.717) is 24.3 Å². The highest BCUT2D eigenvalue weighted by Gasteiger charge is 2.28. The fourth-order valence-electron chi connectivity index (χ4n) is 2.06. The van der Waals surface area contributed by atoms with Crippen molar-refractivity contribution in [3.05, 3.63) is 29.6 Å². The maximum absolute atomic E-state index is 12.2. The van der Waals surface area contributed by atoms with E-state index in [0.717, 1.165) is 6.42 Å². The lowest BCUT2D eigenvalue weighted by molar-refractivity contribution is 0.0245. The van der Waals surface area contributed by atoms with Gasteiger partial charge >= 0.3 is 0 Å². The molecule has 0 saturated carbocycles. The van der Waals surface area contributed by atoms with Gasteiger partial charge in [0.1, 0.15) is 10.7 Å². The molecule has 19 heavy (non-hydrogen) atoms. The molecule has 1 aliphatic heterocycles. The number of likely N-dealkylation sites (tertiary alicyclic amines) is 1. The van der Waals surface area contributed by atoms with Crippen molar-refractivity contribution in [2.75, 3.05) is 13.1 Å². The fourth-order valence-corrected chi connectivity index (χ4v) is 2.18. The average Bonchev–Trinajstić information content (AvgIpc) is 2.41. The number of pyridine rings is 1. The molecule has 1 aromatic heterocycles. The van der Waals surface area contributed by atoms with Crippen LogP contribution in [0.4, 0.5) is 0 Å². The van der Waals surface area contributed by atoms with Crippen LogP contribution in [0.1, 0.15) is 29.4 Å². The van der Waals surface area contributed by atoms with Crippen LogP contribution >= 0.6 is 12.2 Å². The first-order chi connectivity index (χ1) is 8.99. The van der Waals surface area contributed by atoms with Gasteiger partial charge < -0.3 is 15.7 Å². The van der Waals surface area contributed by atoms with Gasteiger partial charge in [-0.25, -0.2) is 0 Å². The molecule has 1 fully saturated rings. The Bertz CT molecular complexity index is 489. The molecule has 1 saturated heterocycles. The summed E-state index contributed by atoms with van der Waals surface area (Å²) >= 11 is 4.83. The summed E-state index contributed by atoms with van der Waals surface area (Å²) in [6.45, 7) is 3.00. The molecule has 5 nitrogen and oxygen atoms in total. The SMILES string of the molecule is CC1CCN(C(=O)c2ccc(C(N)=S)cn2)CC1O. The smallest absolute Gasteiger partial charge is 0.272 e. The van der Waals surface area contributed by atoms with Crippen molar-refractivity contribution >= 4 is 23.1 Å². The Balaban J connectivity index is 2.09. The number of β-amino-alcohol motifs (C(OH)–C–C–N with tert-alkyl or cyclic N) is 1.